The standard InChI is InChI=1S/C20H14BrNO3S/c1-24-17-9-6-12-10-13(21)7-8-14(12)15(17)11-19(23)26-20-22-16-4-2-3-5-18(16)25-20/h2-10H,11H2,1H3. The van der Waals surface area contributed by atoms with Crippen molar-refractivity contribution in [1.29, 1.82) is 0 Å². The fraction of sp³-hybridized carbons (Fsp3) is 0.100. The van der Waals surface area contributed by atoms with Gasteiger partial charge < -0.3 is 9.15 Å². The van der Waals surface area contributed by atoms with E-state index in [1.54, 1.807) is 7.11 Å². The van der Waals surface area contributed by atoms with E-state index in [1.165, 1.54) is 0 Å². The van der Waals surface area contributed by atoms with Gasteiger partial charge in [-0.2, -0.15) is 0 Å². The molecule has 0 bridgehead atoms. The normalized spacial score (nSPS) is 11.2. The molecule has 0 aliphatic carbocycles. The number of hydrogen-bond acceptors (Lipinski definition) is 5. The van der Waals surface area contributed by atoms with Crippen molar-refractivity contribution in [1.82, 2.24) is 4.98 Å². The summed E-state index contributed by atoms with van der Waals surface area (Å²) in [6.07, 6.45) is 0.228. The van der Waals surface area contributed by atoms with Gasteiger partial charge in [0.1, 0.15) is 11.3 Å². The van der Waals surface area contributed by atoms with Gasteiger partial charge in [0.05, 0.1) is 7.11 Å². The average molecular weight is 428 g/mol. The second-order valence-electron chi connectivity index (χ2n) is 5.71. The van der Waals surface area contributed by atoms with Gasteiger partial charge in [-0.1, -0.05) is 40.2 Å². The van der Waals surface area contributed by atoms with Crippen LogP contribution in [0.15, 0.2) is 68.7 Å². The first kappa shape index (κ1) is 17.1. The lowest BCUT2D eigenvalue weighted by atomic mass is 10.0. The van der Waals surface area contributed by atoms with Gasteiger partial charge in [-0.25, -0.2) is 4.98 Å². The lowest BCUT2D eigenvalue weighted by Gasteiger charge is -2.11. The molecule has 0 spiro atoms. The van der Waals surface area contributed by atoms with Crippen LogP contribution in [0.2, 0.25) is 0 Å². The van der Waals surface area contributed by atoms with Crippen LogP contribution in [0, 0.1) is 0 Å². The molecule has 4 nitrogen and oxygen atoms in total. The summed E-state index contributed by atoms with van der Waals surface area (Å²) in [5.41, 5.74) is 2.29. The average Bonchev–Trinajstić information content (AvgIpc) is 3.03. The minimum atomic E-state index is -0.0507. The fourth-order valence-corrected chi connectivity index (χ4v) is 3.96. The zero-order valence-corrected chi connectivity index (χ0v) is 16.3. The number of nitrogens with zero attached hydrogens (tertiary/aromatic N) is 1. The van der Waals surface area contributed by atoms with Crippen molar-refractivity contribution < 1.29 is 13.9 Å². The summed E-state index contributed by atoms with van der Waals surface area (Å²) in [4.78, 5) is 17.0. The Balaban J connectivity index is 1.64. The van der Waals surface area contributed by atoms with Crippen LogP contribution in [0.5, 0.6) is 5.75 Å². The number of thioether (sulfide) groups is 1. The number of halogens is 1. The van der Waals surface area contributed by atoms with Gasteiger partial charge in [-0.3, -0.25) is 4.79 Å². The molecule has 0 amide bonds. The van der Waals surface area contributed by atoms with Crippen LogP contribution >= 0.6 is 27.7 Å². The van der Waals surface area contributed by atoms with Gasteiger partial charge in [-0.05, 0) is 41.1 Å². The highest BCUT2D eigenvalue weighted by Gasteiger charge is 2.17. The number of para-hydroxylation sites is 2. The van der Waals surface area contributed by atoms with E-state index in [4.69, 9.17) is 9.15 Å². The van der Waals surface area contributed by atoms with Gasteiger partial charge in [0.15, 0.2) is 5.58 Å². The van der Waals surface area contributed by atoms with Crippen LogP contribution in [-0.4, -0.2) is 17.2 Å². The number of oxazole rings is 1. The van der Waals surface area contributed by atoms with Crippen molar-refractivity contribution in [3.8, 4) is 5.75 Å². The SMILES string of the molecule is COc1ccc2cc(Br)ccc2c1CC(=O)Sc1nc2ccccc2o1. The van der Waals surface area contributed by atoms with E-state index < -0.39 is 0 Å². The molecule has 130 valence electrons. The summed E-state index contributed by atoms with van der Waals surface area (Å²) in [5, 5.41) is 2.36. The van der Waals surface area contributed by atoms with Crippen molar-refractivity contribution in [3.63, 3.8) is 0 Å². The van der Waals surface area contributed by atoms with Crippen LogP contribution in [0.3, 0.4) is 0 Å². The third-order valence-electron chi connectivity index (χ3n) is 4.07. The van der Waals surface area contributed by atoms with Crippen molar-refractivity contribution in [2.45, 2.75) is 11.6 Å². The molecule has 4 aromatic rings. The van der Waals surface area contributed by atoms with Gasteiger partial charge in [0.25, 0.3) is 5.22 Å². The van der Waals surface area contributed by atoms with E-state index in [0.29, 0.717) is 16.6 Å². The van der Waals surface area contributed by atoms with Crippen LogP contribution in [0.4, 0.5) is 0 Å². The van der Waals surface area contributed by atoms with Gasteiger partial charge in [-0.15, -0.1) is 0 Å². The first-order valence-electron chi connectivity index (χ1n) is 7.95. The highest BCUT2D eigenvalue weighted by Crippen LogP contribution is 2.32. The van der Waals surface area contributed by atoms with Crippen LogP contribution in [0.25, 0.3) is 21.9 Å². The first-order valence-corrected chi connectivity index (χ1v) is 9.56. The topological polar surface area (TPSA) is 52.3 Å². The number of rotatable bonds is 4. The molecule has 26 heavy (non-hydrogen) atoms. The number of carbonyl (C=O) groups excluding carboxylic acids is 1. The molecular formula is C20H14BrNO3S. The summed E-state index contributed by atoms with van der Waals surface area (Å²) in [6, 6.07) is 17.3. The summed E-state index contributed by atoms with van der Waals surface area (Å²) >= 11 is 4.49. The van der Waals surface area contributed by atoms with Crippen LogP contribution in [-0.2, 0) is 11.2 Å². The Morgan fingerprint density at radius 1 is 1.19 bits per heavy atom. The maximum absolute atomic E-state index is 12.6. The molecule has 0 aliphatic rings. The van der Waals surface area contributed by atoms with Crippen LogP contribution in [0.1, 0.15) is 5.56 Å². The fourth-order valence-electron chi connectivity index (χ4n) is 2.89. The zero-order valence-electron chi connectivity index (χ0n) is 13.9. The van der Waals surface area contributed by atoms with Crippen molar-refractivity contribution in [2.75, 3.05) is 7.11 Å². The second-order valence-corrected chi connectivity index (χ2v) is 7.63. The highest BCUT2D eigenvalue weighted by atomic mass is 79.9. The Labute approximate surface area is 162 Å². The minimum absolute atomic E-state index is 0.0507. The Morgan fingerprint density at radius 3 is 2.85 bits per heavy atom. The number of carbonyl (C=O) groups is 1. The maximum atomic E-state index is 12.6. The third kappa shape index (κ3) is 3.34. The predicted molar refractivity (Wildman–Crippen MR) is 107 cm³/mol. The van der Waals surface area contributed by atoms with Crippen molar-refractivity contribution in [2.24, 2.45) is 0 Å². The van der Waals surface area contributed by atoms with Gasteiger partial charge >= 0.3 is 0 Å². The number of ether oxygens (including phenoxy) is 1. The van der Waals surface area contributed by atoms with E-state index in [9.17, 15) is 4.79 Å². The molecule has 0 saturated carbocycles. The second kappa shape index (κ2) is 7.13. The zero-order chi connectivity index (χ0) is 18.1. The molecule has 1 heterocycles. The van der Waals surface area contributed by atoms with Crippen LogP contribution < -0.4 is 4.74 Å². The van der Waals surface area contributed by atoms with Crippen molar-refractivity contribution in [3.05, 3.63) is 64.6 Å². The molecule has 0 radical (unpaired) electrons. The highest BCUT2D eigenvalue weighted by molar-refractivity contribution is 9.10. The number of hydrogen-bond donors (Lipinski definition) is 0. The van der Waals surface area contributed by atoms with E-state index >= 15 is 0 Å². The smallest absolute Gasteiger partial charge is 0.264 e. The lowest BCUT2D eigenvalue weighted by Crippen LogP contribution is -2.01. The number of benzene rings is 3. The molecule has 0 unspecified atom stereocenters. The molecular weight excluding hydrogens is 414 g/mol. The number of fused-ring (bicyclic) bond motifs is 2. The largest absolute Gasteiger partial charge is 0.496 e. The lowest BCUT2D eigenvalue weighted by molar-refractivity contribution is -0.110. The number of aromatic nitrogens is 1. The van der Waals surface area contributed by atoms with Gasteiger partial charge in [0, 0.05) is 28.2 Å². The summed E-state index contributed by atoms with van der Waals surface area (Å²) in [7, 11) is 1.61. The maximum Gasteiger partial charge on any atom is 0.264 e. The molecule has 0 N–H and O–H groups in total. The Kier molecular flexibility index (Phi) is 4.70. The predicted octanol–water partition coefficient (Wildman–Crippen LogP) is 5.61. The summed E-state index contributed by atoms with van der Waals surface area (Å²) in [5.74, 6) is 0.700. The summed E-state index contributed by atoms with van der Waals surface area (Å²) in [6.45, 7) is 0. The molecule has 1 aromatic heterocycles. The van der Waals surface area contributed by atoms with Gasteiger partial charge in [0.2, 0.25) is 5.12 Å². The Bertz CT molecular complexity index is 1090. The van der Waals surface area contributed by atoms with E-state index in [1.807, 2.05) is 54.6 Å². The molecule has 3 aromatic carbocycles. The monoisotopic (exact) mass is 427 g/mol. The summed E-state index contributed by atoms with van der Waals surface area (Å²) < 4.78 is 12.1. The molecule has 4 rings (SSSR count). The van der Waals surface area contributed by atoms with E-state index in [-0.39, 0.29) is 11.5 Å². The Morgan fingerprint density at radius 2 is 2.04 bits per heavy atom. The Hall–Kier alpha value is -2.31. The molecule has 0 saturated heterocycles. The molecule has 0 fully saturated rings. The third-order valence-corrected chi connectivity index (χ3v) is 5.28. The minimum Gasteiger partial charge on any atom is -0.496 e. The molecule has 0 atom stereocenters. The van der Waals surface area contributed by atoms with Crippen molar-refractivity contribution >= 4 is 54.7 Å². The first-order chi connectivity index (χ1) is 12.6. The quantitative estimate of drug-likeness (QED) is 0.396. The molecule has 0 aliphatic heterocycles. The van der Waals surface area contributed by atoms with E-state index in [0.717, 1.165) is 38.1 Å². The van der Waals surface area contributed by atoms with E-state index in [2.05, 4.69) is 20.9 Å². The molecule has 6 heteroatoms. The number of methoxy groups -OCH3 is 1.